The first kappa shape index (κ1) is 10.4. The zero-order valence-corrected chi connectivity index (χ0v) is 10.2. The van der Waals surface area contributed by atoms with Crippen molar-refractivity contribution in [2.75, 3.05) is 0 Å². The largest absolute Gasteiger partial charge is 0.453 e. The van der Waals surface area contributed by atoms with Crippen LogP contribution in [0.5, 0.6) is 0 Å². The average Bonchev–Trinajstić information content (AvgIpc) is 2.61. The van der Waals surface area contributed by atoms with Gasteiger partial charge in [0.15, 0.2) is 5.76 Å². The third kappa shape index (κ3) is 1.84. The Labute approximate surface area is 96.4 Å². The molecule has 0 bridgehead atoms. The van der Waals surface area contributed by atoms with Crippen LogP contribution in [0.4, 0.5) is 0 Å². The molecule has 0 fully saturated rings. The number of ketones is 1. The van der Waals surface area contributed by atoms with Gasteiger partial charge in [-0.2, -0.15) is 0 Å². The lowest BCUT2D eigenvalue weighted by atomic mass is 10.1. The van der Waals surface area contributed by atoms with Crippen LogP contribution in [-0.2, 0) is 0 Å². The second-order valence-corrected chi connectivity index (χ2v) is 4.64. The molecule has 2 rings (SSSR count). The molecule has 15 heavy (non-hydrogen) atoms. The van der Waals surface area contributed by atoms with Gasteiger partial charge in [-0.3, -0.25) is 4.79 Å². The fourth-order valence-corrected chi connectivity index (χ4v) is 1.89. The van der Waals surface area contributed by atoms with Crippen LogP contribution in [0.25, 0.3) is 11.0 Å². The van der Waals surface area contributed by atoms with Crippen molar-refractivity contribution in [2.24, 2.45) is 5.92 Å². The van der Waals surface area contributed by atoms with Crippen LogP contribution >= 0.6 is 15.9 Å². The summed E-state index contributed by atoms with van der Waals surface area (Å²) < 4.78 is 6.44. The number of halogens is 1. The lowest BCUT2D eigenvalue weighted by Gasteiger charge is -1.97. The SMILES string of the molecule is CC(C)C(=O)c1cc2c(Br)cccc2o1. The molecule has 1 aromatic heterocycles. The molecule has 0 saturated heterocycles. The predicted octanol–water partition coefficient (Wildman–Crippen LogP) is 4.03. The van der Waals surface area contributed by atoms with E-state index in [4.69, 9.17) is 4.42 Å². The molecule has 1 aromatic carbocycles. The van der Waals surface area contributed by atoms with E-state index in [9.17, 15) is 4.79 Å². The molecule has 0 atom stereocenters. The van der Waals surface area contributed by atoms with Crippen molar-refractivity contribution in [3.8, 4) is 0 Å². The normalized spacial score (nSPS) is 11.2. The minimum absolute atomic E-state index is 0.0377. The zero-order chi connectivity index (χ0) is 11.0. The highest BCUT2D eigenvalue weighted by Crippen LogP contribution is 2.27. The van der Waals surface area contributed by atoms with E-state index in [1.165, 1.54) is 0 Å². The minimum Gasteiger partial charge on any atom is -0.453 e. The van der Waals surface area contributed by atoms with Crippen molar-refractivity contribution in [3.05, 3.63) is 34.5 Å². The van der Waals surface area contributed by atoms with Crippen molar-refractivity contribution < 1.29 is 9.21 Å². The number of furan rings is 1. The lowest BCUT2D eigenvalue weighted by Crippen LogP contribution is -2.05. The Kier molecular flexibility index (Phi) is 2.65. The molecule has 2 aromatic rings. The van der Waals surface area contributed by atoms with Crippen LogP contribution in [0.2, 0.25) is 0 Å². The Morgan fingerprint density at radius 1 is 1.40 bits per heavy atom. The molecule has 0 spiro atoms. The van der Waals surface area contributed by atoms with Crippen LogP contribution in [0.1, 0.15) is 24.4 Å². The van der Waals surface area contributed by atoms with Gasteiger partial charge >= 0.3 is 0 Å². The van der Waals surface area contributed by atoms with Gasteiger partial charge in [-0.05, 0) is 18.2 Å². The highest BCUT2D eigenvalue weighted by atomic mass is 79.9. The molecule has 78 valence electrons. The predicted molar refractivity (Wildman–Crippen MR) is 63.1 cm³/mol. The van der Waals surface area contributed by atoms with Crippen molar-refractivity contribution in [2.45, 2.75) is 13.8 Å². The van der Waals surface area contributed by atoms with E-state index in [2.05, 4.69) is 15.9 Å². The highest BCUT2D eigenvalue weighted by Gasteiger charge is 2.16. The van der Waals surface area contributed by atoms with Crippen LogP contribution in [0.3, 0.4) is 0 Å². The summed E-state index contributed by atoms with van der Waals surface area (Å²) in [4.78, 5) is 11.7. The molecule has 0 aliphatic rings. The van der Waals surface area contributed by atoms with Gasteiger partial charge in [0.2, 0.25) is 5.78 Å². The van der Waals surface area contributed by atoms with Crippen molar-refractivity contribution in [1.29, 1.82) is 0 Å². The van der Waals surface area contributed by atoms with Gasteiger partial charge in [-0.25, -0.2) is 0 Å². The first-order valence-electron chi connectivity index (χ1n) is 4.82. The summed E-state index contributed by atoms with van der Waals surface area (Å²) in [6.07, 6.45) is 0. The van der Waals surface area contributed by atoms with Gasteiger partial charge in [-0.1, -0.05) is 35.8 Å². The van der Waals surface area contributed by atoms with Gasteiger partial charge in [0, 0.05) is 15.8 Å². The molecule has 0 aliphatic carbocycles. The van der Waals surface area contributed by atoms with E-state index in [1.54, 1.807) is 6.07 Å². The maximum absolute atomic E-state index is 11.7. The number of Topliss-reactive ketones (excluding diaryl/α,β-unsaturated/α-hetero) is 1. The second-order valence-electron chi connectivity index (χ2n) is 3.78. The minimum atomic E-state index is -0.0377. The Morgan fingerprint density at radius 2 is 2.13 bits per heavy atom. The van der Waals surface area contributed by atoms with Gasteiger partial charge in [0.25, 0.3) is 0 Å². The van der Waals surface area contributed by atoms with E-state index in [1.807, 2.05) is 32.0 Å². The van der Waals surface area contributed by atoms with Crippen molar-refractivity contribution in [1.82, 2.24) is 0 Å². The van der Waals surface area contributed by atoms with E-state index in [0.29, 0.717) is 5.76 Å². The Balaban J connectivity index is 2.57. The Bertz CT molecular complexity index is 511. The number of rotatable bonds is 2. The molecule has 0 amide bonds. The van der Waals surface area contributed by atoms with Crippen LogP contribution in [0, 0.1) is 5.92 Å². The molecular formula is C12H11BrO2. The molecule has 0 unspecified atom stereocenters. The monoisotopic (exact) mass is 266 g/mol. The molecule has 0 aliphatic heterocycles. The van der Waals surface area contributed by atoms with Crippen LogP contribution < -0.4 is 0 Å². The quantitative estimate of drug-likeness (QED) is 0.769. The fourth-order valence-electron chi connectivity index (χ4n) is 1.43. The van der Waals surface area contributed by atoms with Crippen molar-refractivity contribution >= 4 is 32.7 Å². The van der Waals surface area contributed by atoms with Gasteiger partial charge in [0.1, 0.15) is 5.58 Å². The van der Waals surface area contributed by atoms with E-state index >= 15 is 0 Å². The average molecular weight is 267 g/mol. The number of benzene rings is 1. The van der Waals surface area contributed by atoms with Gasteiger partial charge < -0.3 is 4.42 Å². The first-order valence-corrected chi connectivity index (χ1v) is 5.61. The Hall–Kier alpha value is -1.09. The number of hydrogen-bond donors (Lipinski definition) is 0. The standard InChI is InChI=1S/C12H11BrO2/c1-7(2)12(14)11-6-8-9(13)4-3-5-10(8)15-11/h3-7H,1-2H3. The van der Waals surface area contributed by atoms with Crippen LogP contribution in [-0.4, -0.2) is 5.78 Å². The third-order valence-corrected chi connectivity index (χ3v) is 2.97. The van der Waals surface area contributed by atoms with E-state index < -0.39 is 0 Å². The number of fused-ring (bicyclic) bond motifs is 1. The number of hydrogen-bond acceptors (Lipinski definition) is 2. The second kappa shape index (κ2) is 3.81. The molecular weight excluding hydrogens is 256 g/mol. The molecule has 0 saturated carbocycles. The molecule has 0 radical (unpaired) electrons. The topological polar surface area (TPSA) is 30.2 Å². The molecule has 1 heterocycles. The van der Waals surface area contributed by atoms with Gasteiger partial charge in [-0.15, -0.1) is 0 Å². The maximum Gasteiger partial charge on any atom is 0.200 e. The van der Waals surface area contributed by atoms with E-state index in [0.717, 1.165) is 15.4 Å². The van der Waals surface area contributed by atoms with E-state index in [-0.39, 0.29) is 11.7 Å². The third-order valence-electron chi connectivity index (χ3n) is 2.28. The Morgan fingerprint density at radius 3 is 2.73 bits per heavy atom. The summed E-state index contributed by atoms with van der Waals surface area (Å²) in [5.74, 6) is 0.439. The zero-order valence-electron chi connectivity index (χ0n) is 8.58. The number of carbonyl (C=O) groups excluding carboxylic acids is 1. The summed E-state index contributed by atoms with van der Waals surface area (Å²) >= 11 is 3.43. The fraction of sp³-hybridized carbons (Fsp3) is 0.250. The first-order chi connectivity index (χ1) is 7.09. The van der Waals surface area contributed by atoms with Gasteiger partial charge in [0.05, 0.1) is 0 Å². The summed E-state index contributed by atoms with van der Waals surface area (Å²) in [5, 5.41) is 0.946. The summed E-state index contributed by atoms with van der Waals surface area (Å²) in [6.45, 7) is 3.73. The summed E-state index contributed by atoms with van der Waals surface area (Å²) in [5.41, 5.74) is 0.744. The summed E-state index contributed by atoms with van der Waals surface area (Å²) in [7, 11) is 0. The lowest BCUT2D eigenvalue weighted by molar-refractivity contribution is 0.0913. The maximum atomic E-state index is 11.7. The number of carbonyl (C=O) groups is 1. The van der Waals surface area contributed by atoms with Crippen LogP contribution in [0.15, 0.2) is 33.2 Å². The molecule has 3 heteroatoms. The molecule has 0 N–H and O–H groups in total. The summed E-state index contributed by atoms with van der Waals surface area (Å²) in [6, 6.07) is 7.47. The molecule has 2 nitrogen and oxygen atoms in total. The van der Waals surface area contributed by atoms with Crippen molar-refractivity contribution in [3.63, 3.8) is 0 Å². The smallest absolute Gasteiger partial charge is 0.200 e. The highest BCUT2D eigenvalue weighted by molar-refractivity contribution is 9.10.